The van der Waals surface area contributed by atoms with E-state index >= 15 is 0 Å². The number of ether oxygens (including phenoxy) is 2. The summed E-state index contributed by atoms with van der Waals surface area (Å²) in [5, 5.41) is 11.5. The second kappa shape index (κ2) is 3.27. The summed E-state index contributed by atoms with van der Waals surface area (Å²) in [6.07, 6.45) is 0. The highest BCUT2D eigenvalue weighted by Gasteiger charge is 2.39. The third-order valence-electron chi connectivity index (χ3n) is 1.64. The summed E-state index contributed by atoms with van der Waals surface area (Å²) in [5.41, 5.74) is -0.0294. The molecule has 0 atom stereocenters. The van der Waals surface area contributed by atoms with Crippen molar-refractivity contribution in [1.29, 1.82) is 0 Å². The smallest absolute Gasteiger partial charge is 0.312 e. The quantitative estimate of drug-likeness (QED) is 0.507. The van der Waals surface area contributed by atoms with Crippen molar-refractivity contribution in [2.45, 2.75) is 26.7 Å². The Hall–Kier alpha value is -0.200. The molecule has 0 aliphatic carbocycles. The van der Waals surface area contributed by atoms with Crippen LogP contribution in [0.5, 0.6) is 0 Å². The SMILES string of the molecule is CC1(C)COC(C)(OOO)OC1. The van der Waals surface area contributed by atoms with Gasteiger partial charge in [-0.15, -0.1) is 4.89 Å². The maximum Gasteiger partial charge on any atom is 0.312 e. The van der Waals surface area contributed by atoms with E-state index in [2.05, 4.69) is 9.93 Å². The summed E-state index contributed by atoms with van der Waals surface area (Å²) in [4.78, 5) is 4.37. The Morgan fingerprint density at radius 2 is 1.67 bits per heavy atom. The van der Waals surface area contributed by atoms with E-state index < -0.39 is 5.97 Å². The maximum atomic E-state index is 8.03. The van der Waals surface area contributed by atoms with Crippen molar-refractivity contribution in [1.82, 2.24) is 0 Å². The summed E-state index contributed by atoms with van der Waals surface area (Å²) in [6.45, 7) is 6.52. The van der Waals surface area contributed by atoms with E-state index in [0.717, 1.165) is 0 Å². The minimum atomic E-state index is -1.29. The topological polar surface area (TPSA) is 57.2 Å². The molecule has 5 nitrogen and oxygen atoms in total. The highest BCUT2D eigenvalue weighted by atomic mass is 17.5. The van der Waals surface area contributed by atoms with Gasteiger partial charge in [-0.1, -0.05) is 18.9 Å². The molecular formula is C7H14O5. The minimum Gasteiger partial charge on any atom is -0.325 e. The van der Waals surface area contributed by atoms with Crippen LogP contribution in [0.15, 0.2) is 0 Å². The van der Waals surface area contributed by atoms with Crippen molar-refractivity contribution in [2.75, 3.05) is 13.2 Å². The van der Waals surface area contributed by atoms with Gasteiger partial charge >= 0.3 is 5.97 Å². The van der Waals surface area contributed by atoms with Crippen molar-refractivity contribution < 1.29 is 24.7 Å². The molecule has 0 unspecified atom stereocenters. The third-order valence-corrected chi connectivity index (χ3v) is 1.64. The lowest BCUT2D eigenvalue weighted by molar-refractivity contribution is -0.604. The van der Waals surface area contributed by atoms with Gasteiger partial charge in [0.25, 0.3) is 0 Å². The van der Waals surface area contributed by atoms with E-state index in [1.54, 1.807) is 0 Å². The van der Waals surface area contributed by atoms with E-state index in [1.807, 2.05) is 13.8 Å². The average molecular weight is 178 g/mol. The summed E-state index contributed by atoms with van der Waals surface area (Å²) in [7, 11) is 0. The van der Waals surface area contributed by atoms with Crippen molar-refractivity contribution >= 4 is 0 Å². The molecule has 1 N–H and O–H groups in total. The van der Waals surface area contributed by atoms with Gasteiger partial charge in [-0.2, -0.15) is 0 Å². The van der Waals surface area contributed by atoms with Crippen molar-refractivity contribution in [3.8, 4) is 0 Å². The molecule has 0 spiro atoms. The Labute approximate surface area is 71.0 Å². The predicted octanol–water partition coefficient (Wildman–Crippen LogP) is 1.15. The normalized spacial score (nSPS) is 27.0. The second-order valence-electron chi connectivity index (χ2n) is 3.76. The van der Waals surface area contributed by atoms with Gasteiger partial charge in [-0.25, -0.2) is 5.26 Å². The van der Waals surface area contributed by atoms with Crippen LogP contribution in [0.1, 0.15) is 20.8 Å². The van der Waals surface area contributed by atoms with Gasteiger partial charge in [0.1, 0.15) is 0 Å². The first-order valence-electron chi connectivity index (χ1n) is 3.75. The Balaban J connectivity index is 2.44. The van der Waals surface area contributed by atoms with Gasteiger partial charge in [-0.05, 0) is 0 Å². The van der Waals surface area contributed by atoms with Crippen LogP contribution in [0.2, 0.25) is 0 Å². The Kier molecular flexibility index (Phi) is 2.70. The van der Waals surface area contributed by atoms with Crippen molar-refractivity contribution in [3.05, 3.63) is 0 Å². The van der Waals surface area contributed by atoms with E-state index in [4.69, 9.17) is 14.7 Å². The lowest BCUT2D eigenvalue weighted by Gasteiger charge is -2.38. The largest absolute Gasteiger partial charge is 0.325 e. The van der Waals surface area contributed by atoms with E-state index in [0.29, 0.717) is 13.2 Å². The molecule has 0 aromatic rings. The summed E-state index contributed by atoms with van der Waals surface area (Å²) in [6, 6.07) is 0. The molecule has 0 radical (unpaired) electrons. The third kappa shape index (κ3) is 2.40. The average Bonchev–Trinajstić information content (AvgIpc) is 1.98. The number of hydrogen-bond donors (Lipinski definition) is 1. The highest BCUT2D eigenvalue weighted by Crippen LogP contribution is 2.29. The Bertz CT molecular complexity index is 146. The van der Waals surface area contributed by atoms with Gasteiger partial charge < -0.3 is 9.47 Å². The van der Waals surface area contributed by atoms with Gasteiger partial charge in [-0.3, -0.25) is 0 Å². The zero-order valence-electron chi connectivity index (χ0n) is 7.49. The fourth-order valence-corrected chi connectivity index (χ4v) is 0.852. The highest BCUT2D eigenvalue weighted by molar-refractivity contribution is 4.72. The zero-order chi connectivity index (χ0) is 9.24. The molecule has 0 amide bonds. The molecule has 12 heavy (non-hydrogen) atoms. The van der Waals surface area contributed by atoms with Crippen LogP contribution in [0.3, 0.4) is 0 Å². The standard InChI is InChI=1S/C7H14O5/c1-6(2)4-9-7(3,10-5-6)11-12-8/h8H,4-5H2,1-3H3. The van der Waals surface area contributed by atoms with Crippen LogP contribution in [0.25, 0.3) is 0 Å². The van der Waals surface area contributed by atoms with Crippen molar-refractivity contribution in [2.24, 2.45) is 5.41 Å². The van der Waals surface area contributed by atoms with Crippen LogP contribution in [0, 0.1) is 5.41 Å². The van der Waals surface area contributed by atoms with Crippen LogP contribution >= 0.6 is 0 Å². The molecule has 0 aromatic carbocycles. The summed E-state index contributed by atoms with van der Waals surface area (Å²) in [5.74, 6) is -1.29. The molecule has 1 rings (SSSR count). The van der Waals surface area contributed by atoms with Gasteiger partial charge in [0.15, 0.2) is 0 Å². The van der Waals surface area contributed by atoms with Crippen LogP contribution < -0.4 is 0 Å². The first kappa shape index (κ1) is 9.88. The summed E-state index contributed by atoms with van der Waals surface area (Å²) < 4.78 is 10.4. The second-order valence-corrected chi connectivity index (χ2v) is 3.76. The fraction of sp³-hybridized carbons (Fsp3) is 1.00. The Morgan fingerprint density at radius 3 is 2.08 bits per heavy atom. The van der Waals surface area contributed by atoms with Crippen LogP contribution in [-0.2, 0) is 19.4 Å². The zero-order valence-corrected chi connectivity index (χ0v) is 7.49. The molecule has 1 heterocycles. The molecule has 1 saturated heterocycles. The van der Waals surface area contributed by atoms with Gasteiger partial charge in [0.2, 0.25) is 0 Å². The molecule has 72 valence electrons. The molecule has 0 aromatic heterocycles. The maximum absolute atomic E-state index is 8.03. The van der Waals surface area contributed by atoms with E-state index in [1.165, 1.54) is 6.92 Å². The van der Waals surface area contributed by atoms with Crippen LogP contribution in [0.4, 0.5) is 0 Å². The molecule has 5 heteroatoms. The summed E-state index contributed by atoms with van der Waals surface area (Å²) >= 11 is 0. The first-order chi connectivity index (χ1) is 5.47. The lowest BCUT2D eigenvalue weighted by atomic mass is 9.95. The monoisotopic (exact) mass is 178 g/mol. The minimum absolute atomic E-state index is 0.0294. The van der Waals surface area contributed by atoms with Gasteiger partial charge in [0, 0.05) is 12.3 Å². The molecule has 0 saturated carbocycles. The molecule has 1 fully saturated rings. The number of hydrogen-bond acceptors (Lipinski definition) is 5. The first-order valence-corrected chi connectivity index (χ1v) is 3.75. The predicted molar refractivity (Wildman–Crippen MR) is 38.9 cm³/mol. The van der Waals surface area contributed by atoms with Crippen molar-refractivity contribution in [3.63, 3.8) is 0 Å². The molecule has 1 aliphatic rings. The lowest BCUT2D eigenvalue weighted by Crippen LogP contribution is -2.47. The van der Waals surface area contributed by atoms with E-state index in [-0.39, 0.29) is 5.41 Å². The Morgan fingerprint density at radius 1 is 1.17 bits per heavy atom. The number of rotatable bonds is 2. The van der Waals surface area contributed by atoms with Crippen LogP contribution in [-0.4, -0.2) is 24.4 Å². The van der Waals surface area contributed by atoms with Gasteiger partial charge in [0.05, 0.1) is 13.2 Å². The fourth-order valence-electron chi connectivity index (χ4n) is 0.852. The van der Waals surface area contributed by atoms with E-state index in [9.17, 15) is 0 Å². The molecular weight excluding hydrogens is 164 g/mol. The molecule has 0 bridgehead atoms. The molecule has 1 aliphatic heterocycles.